The van der Waals surface area contributed by atoms with E-state index < -0.39 is 5.60 Å². The third kappa shape index (κ3) is 4.70. The summed E-state index contributed by atoms with van der Waals surface area (Å²) in [7, 11) is 0. The van der Waals surface area contributed by atoms with E-state index in [-0.39, 0.29) is 6.09 Å². The maximum Gasteiger partial charge on any atom is 0.410 e. The average Bonchev–Trinajstić information content (AvgIpc) is 2.59. The largest absolute Gasteiger partial charge is 0.489 e. The number of rotatable bonds is 3. The van der Waals surface area contributed by atoms with Crippen molar-refractivity contribution in [1.29, 1.82) is 0 Å². The summed E-state index contributed by atoms with van der Waals surface area (Å²) in [5, 5.41) is 0.696. The second kappa shape index (κ2) is 7.58. The van der Waals surface area contributed by atoms with Crippen LogP contribution in [0, 0.1) is 0 Å². The number of amides is 1. The quantitative estimate of drug-likeness (QED) is 0.741. The van der Waals surface area contributed by atoms with E-state index in [1.165, 1.54) is 5.56 Å². The molecule has 0 fully saturated rings. The number of carbonyl (C=O) groups is 1. The lowest BCUT2D eigenvalue weighted by atomic mass is 10.00. The highest BCUT2D eigenvalue weighted by molar-refractivity contribution is 6.31. The van der Waals surface area contributed by atoms with Gasteiger partial charge in [-0.05, 0) is 56.5 Å². The lowest BCUT2D eigenvalue weighted by Crippen LogP contribution is -2.39. The smallest absolute Gasteiger partial charge is 0.410 e. The van der Waals surface area contributed by atoms with Crippen LogP contribution in [0.4, 0.5) is 4.79 Å². The molecule has 0 N–H and O–H groups in total. The lowest BCUT2D eigenvalue weighted by Gasteiger charge is -2.31. The number of nitrogens with zero attached hydrogens (tertiary/aromatic N) is 1. The van der Waals surface area contributed by atoms with Gasteiger partial charge in [0.1, 0.15) is 18.0 Å². The van der Waals surface area contributed by atoms with Gasteiger partial charge in [0.15, 0.2) is 0 Å². The van der Waals surface area contributed by atoms with Crippen LogP contribution in [0.2, 0.25) is 5.02 Å². The molecule has 0 atom stereocenters. The molecular weight excluding hydrogens is 350 g/mol. The van der Waals surface area contributed by atoms with E-state index in [1.807, 2.05) is 57.2 Å². The van der Waals surface area contributed by atoms with Crippen LogP contribution in [0.3, 0.4) is 0 Å². The van der Waals surface area contributed by atoms with E-state index in [4.69, 9.17) is 21.1 Å². The Bertz CT molecular complexity index is 798. The first-order valence-corrected chi connectivity index (χ1v) is 9.15. The van der Waals surface area contributed by atoms with E-state index in [0.717, 1.165) is 23.3 Å². The van der Waals surface area contributed by atoms with Gasteiger partial charge in [-0.1, -0.05) is 35.9 Å². The molecule has 2 aromatic rings. The van der Waals surface area contributed by atoms with Gasteiger partial charge in [0.05, 0.1) is 0 Å². The van der Waals surface area contributed by atoms with Crippen molar-refractivity contribution in [3.05, 3.63) is 64.2 Å². The highest BCUT2D eigenvalue weighted by Gasteiger charge is 2.25. The first-order chi connectivity index (χ1) is 12.3. The molecule has 1 aliphatic rings. The third-order valence-corrected chi connectivity index (χ3v) is 4.56. The molecule has 0 saturated heterocycles. The van der Waals surface area contributed by atoms with Crippen LogP contribution in [-0.4, -0.2) is 23.1 Å². The van der Waals surface area contributed by atoms with Gasteiger partial charge in [0.25, 0.3) is 0 Å². The molecule has 5 heteroatoms. The molecule has 4 nitrogen and oxygen atoms in total. The predicted octanol–water partition coefficient (Wildman–Crippen LogP) is 5.21. The normalized spacial score (nSPS) is 13.9. The minimum atomic E-state index is -0.489. The van der Waals surface area contributed by atoms with Crippen molar-refractivity contribution in [3.8, 4) is 5.75 Å². The van der Waals surface area contributed by atoms with E-state index in [9.17, 15) is 4.79 Å². The summed E-state index contributed by atoms with van der Waals surface area (Å²) in [6.07, 6.45) is 0.546. The standard InChI is InChI=1S/C21H24ClNO3/c1-21(2,3)26-20(24)23-11-10-15-8-9-18(12-17(15)13-23)25-14-16-6-4-5-7-19(16)22/h4-9,12H,10-11,13-14H2,1-3H3. The monoisotopic (exact) mass is 373 g/mol. The van der Waals surface area contributed by atoms with Crippen LogP contribution in [0.15, 0.2) is 42.5 Å². The number of carbonyl (C=O) groups excluding carboxylic acids is 1. The molecule has 0 spiro atoms. The zero-order valence-corrected chi connectivity index (χ0v) is 16.2. The van der Waals surface area contributed by atoms with Gasteiger partial charge in [-0.2, -0.15) is 0 Å². The minimum Gasteiger partial charge on any atom is -0.489 e. The van der Waals surface area contributed by atoms with Crippen molar-refractivity contribution in [2.75, 3.05) is 6.54 Å². The Labute approximate surface area is 159 Å². The van der Waals surface area contributed by atoms with Crippen LogP contribution in [-0.2, 0) is 24.3 Å². The zero-order valence-electron chi connectivity index (χ0n) is 15.4. The fraction of sp³-hybridized carbons (Fsp3) is 0.381. The van der Waals surface area contributed by atoms with Gasteiger partial charge in [0.2, 0.25) is 0 Å². The van der Waals surface area contributed by atoms with Crippen LogP contribution < -0.4 is 4.74 Å². The fourth-order valence-electron chi connectivity index (χ4n) is 2.88. The Kier molecular flexibility index (Phi) is 5.42. The lowest BCUT2D eigenvalue weighted by molar-refractivity contribution is 0.0223. The average molecular weight is 374 g/mol. The van der Waals surface area contributed by atoms with E-state index in [1.54, 1.807) is 4.90 Å². The molecule has 26 heavy (non-hydrogen) atoms. The molecule has 0 aromatic heterocycles. The molecule has 0 saturated carbocycles. The molecular formula is C21H24ClNO3. The summed E-state index contributed by atoms with van der Waals surface area (Å²) in [5.41, 5.74) is 2.80. The molecule has 0 aliphatic carbocycles. The van der Waals surface area contributed by atoms with Gasteiger partial charge < -0.3 is 14.4 Å². The highest BCUT2D eigenvalue weighted by Crippen LogP contribution is 2.26. The van der Waals surface area contributed by atoms with Gasteiger partial charge in [0, 0.05) is 23.7 Å². The highest BCUT2D eigenvalue weighted by atomic mass is 35.5. The summed E-state index contributed by atoms with van der Waals surface area (Å²) in [6, 6.07) is 13.7. The first-order valence-electron chi connectivity index (χ1n) is 8.78. The predicted molar refractivity (Wildman–Crippen MR) is 103 cm³/mol. The molecule has 0 radical (unpaired) electrons. The molecule has 1 aliphatic heterocycles. The number of ether oxygens (including phenoxy) is 2. The Morgan fingerprint density at radius 2 is 1.92 bits per heavy atom. The SMILES string of the molecule is CC(C)(C)OC(=O)N1CCc2ccc(OCc3ccccc3Cl)cc2C1. The van der Waals surface area contributed by atoms with Crippen molar-refractivity contribution < 1.29 is 14.3 Å². The Morgan fingerprint density at radius 1 is 1.15 bits per heavy atom. The van der Waals surface area contributed by atoms with Crippen LogP contribution in [0.25, 0.3) is 0 Å². The van der Waals surface area contributed by atoms with E-state index >= 15 is 0 Å². The number of fused-ring (bicyclic) bond motifs is 1. The van der Waals surface area contributed by atoms with Gasteiger partial charge in [-0.15, -0.1) is 0 Å². The van der Waals surface area contributed by atoms with Gasteiger partial charge >= 0.3 is 6.09 Å². The molecule has 3 rings (SSSR count). The Balaban J connectivity index is 1.67. The third-order valence-electron chi connectivity index (χ3n) is 4.19. The Hall–Kier alpha value is -2.20. The second-order valence-corrected chi connectivity index (χ2v) is 7.87. The molecule has 138 valence electrons. The van der Waals surface area contributed by atoms with Crippen molar-refractivity contribution in [2.24, 2.45) is 0 Å². The number of hydrogen-bond donors (Lipinski definition) is 0. The van der Waals surface area contributed by atoms with Crippen molar-refractivity contribution in [3.63, 3.8) is 0 Å². The van der Waals surface area contributed by atoms with Crippen molar-refractivity contribution in [2.45, 2.75) is 45.9 Å². The van der Waals surface area contributed by atoms with E-state index in [2.05, 4.69) is 6.07 Å². The van der Waals surface area contributed by atoms with Crippen molar-refractivity contribution in [1.82, 2.24) is 4.90 Å². The van der Waals surface area contributed by atoms with Crippen LogP contribution in [0.5, 0.6) is 5.75 Å². The molecule has 0 unspecified atom stereocenters. The summed E-state index contributed by atoms with van der Waals surface area (Å²) in [4.78, 5) is 14.1. The molecule has 0 bridgehead atoms. The topological polar surface area (TPSA) is 38.8 Å². The minimum absolute atomic E-state index is 0.273. The number of hydrogen-bond acceptors (Lipinski definition) is 3. The second-order valence-electron chi connectivity index (χ2n) is 7.46. The Morgan fingerprint density at radius 3 is 2.65 bits per heavy atom. The molecule has 1 amide bonds. The van der Waals surface area contributed by atoms with Crippen LogP contribution in [0.1, 0.15) is 37.5 Å². The van der Waals surface area contributed by atoms with E-state index in [0.29, 0.717) is 24.7 Å². The van der Waals surface area contributed by atoms with Crippen molar-refractivity contribution >= 4 is 17.7 Å². The fourth-order valence-corrected chi connectivity index (χ4v) is 3.07. The maximum atomic E-state index is 12.3. The van der Waals surface area contributed by atoms with Gasteiger partial charge in [-0.25, -0.2) is 4.79 Å². The number of halogens is 1. The number of benzene rings is 2. The maximum absolute atomic E-state index is 12.3. The molecule has 2 aromatic carbocycles. The summed E-state index contributed by atoms with van der Waals surface area (Å²) in [6.45, 7) is 7.25. The molecule has 1 heterocycles. The zero-order chi connectivity index (χ0) is 18.7. The summed E-state index contributed by atoms with van der Waals surface area (Å²) >= 11 is 6.17. The first kappa shape index (κ1) is 18.6. The summed E-state index contributed by atoms with van der Waals surface area (Å²) in [5.74, 6) is 0.773. The van der Waals surface area contributed by atoms with Gasteiger partial charge in [-0.3, -0.25) is 0 Å². The summed E-state index contributed by atoms with van der Waals surface area (Å²) < 4.78 is 11.4. The van der Waals surface area contributed by atoms with Crippen LogP contribution >= 0.6 is 11.6 Å².